The maximum absolute atomic E-state index is 5.87. The first-order chi connectivity index (χ1) is 7.23. The highest BCUT2D eigenvalue weighted by atomic mass is 28.4. The van der Waals surface area contributed by atoms with Gasteiger partial charge in [-0.2, -0.15) is 0 Å². The van der Waals surface area contributed by atoms with Crippen LogP contribution in [-0.2, 0) is 9.16 Å². The van der Waals surface area contributed by atoms with Gasteiger partial charge in [0.1, 0.15) is 6.10 Å². The van der Waals surface area contributed by atoms with Gasteiger partial charge in [0.25, 0.3) is 0 Å². The monoisotopic (exact) mass is 242 g/mol. The van der Waals surface area contributed by atoms with Gasteiger partial charge in [0.15, 0.2) is 8.32 Å². The average Bonchev–Trinajstić information content (AvgIpc) is 2.72. The molecule has 1 fully saturated rings. The van der Waals surface area contributed by atoms with Crippen LogP contribution in [0.5, 0.6) is 0 Å². The van der Waals surface area contributed by atoms with E-state index in [1.54, 1.807) is 0 Å². The second kappa shape index (κ2) is 5.03. The molecular weight excluding hydrogens is 216 g/mol. The average molecular weight is 242 g/mol. The molecule has 2 nitrogen and oxygen atoms in total. The van der Waals surface area contributed by atoms with Crippen LogP contribution < -0.4 is 0 Å². The fraction of sp³-hybridized carbons (Fsp3) is 0.846. The van der Waals surface area contributed by atoms with Gasteiger partial charge in [0, 0.05) is 0 Å². The summed E-state index contributed by atoms with van der Waals surface area (Å²) in [5.74, 6) is 0. The molecule has 0 aliphatic carbocycles. The molecule has 1 saturated heterocycles. The molecule has 0 radical (unpaired) electrons. The van der Waals surface area contributed by atoms with Crippen LogP contribution in [0.15, 0.2) is 11.6 Å². The van der Waals surface area contributed by atoms with Crippen molar-refractivity contribution in [2.45, 2.75) is 65.0 Å². The topological polar surface area (TPSA) is 21.8 Å². The summed E-state index contributed by atoms with van der Waals surface area (Å²) in [5, 5.41) is 0. The highest BCUT2D eigenvalue weighted by molar-refractivity contribution is 6.69. The fourth-order valence-electron chi connectivity index (χ4n) is 1.69. The van der Waals surface area contributed by atoms with Crippen molar-refractivity contribution in [3.05, 3.63) is 11.6 Å². The van der Waals surface area contributed by atoms with Crippen molar-refractivity contribution in [2.24, 2.45) is 0 Å². The van der Waals surface area contributed by atoms with E-state index >= 15 is 0 Å². The van der Waals surface area contributed by atoms with E-state index < -0.39 is 8.32 Å². The number of hydrogen-bond donors (Lipinski definition) is 0. The minimum absolute atomic E-state index is 0.0750. The minimum Gasteiger partial charge on any atom is -0.415 e. The highest BCUT2D eigenvalue weighted by Crippen LogP contribution is 2.40. The van der Waals surface area contributed by atoms with E-state index in [4.69, 9.17) is 9.16 Å². The van der Waals surface area contributed by atoms with Gasteiger partial charge in [-0.15, -0.1) is 0 Å². The lowest BCUT2D eigenvalue weighted by Crippen LogP contribution is -2.28. The Morgan fingerprint density at radius 2 is 2.00 bits per heavy atom. The molecular formula is C13H26O2Si. The third kappa shape index (κ3) is 4.81. The van der Waals surface area contributed by atoms with Crippen molar-refractivity contribution in [2.75, 3.05) is 6.61 Å². The molecule has 3 heteroatoms. The summed E-state index contributed by atoms with van der Waals surface area (Å²) in [4.78, 5) is 0. The summed E-state index contributed by atoms with van der Waals surface area (Å²) in [6.07, 6.45) is 4.83. The fourth-order valence-corrected chi connectivity index (χ4v) is 2.35. The van der Waals surface area contributed by atoms with Gasteiger partial charge >= 0.3 is 0 Å². The molecule has 0 amide bonds. The third-order valence-corrected chi connectivity index (χ3v) is 3.93. The number of epoxide rings is 1. The van der Waals surface area contributed by atoms with E-state index in [2.05, 4.69) is 46.5 Å². The summed E-state index contributed by atoms with van der Waals surface area (Å²) in [6.45, 7) is 13.9. The Balaban J connectivity index is 2.23. The summed E-state index contributed by atoms with van der Waals surface area (Å²) in [7, 11) is -1.38. The zero-order valence-electron chi connectivity index (χ0n) is 11.6. The Labute approximate surface area is 101 Å². The lowest BCUT2D eigenvalue weighted by Gasteiger charge is -2.16. The van der Waals surface area contributed by atoms with Crippen molar-refractivity contribution in [3.63, 3.8) is 0 Å². The van der Waals surface area contributed by atoms with Crippen LogP contribution in [0.25, 0.3) is 0 Å². The van der Waals surface area contributed by atoms with Crippen LogP contribution in [0.2, 0.25) is 19.6 Å². The first-order valence-electron chi connectivity index (χ1n) is 6.18. The zero-order valence-corrected chi connectivity index (χ0v) is 12.6. The Hall–Kier alpha value is -0.123. The van der Waals surface area contributed by atoms with Crippen molar-refractivity contribution in [1.82, 2.24) is 0 Å². The van der Waals surface area contributed by atoms with Crippen LogP contribution >= 0.6 is 0 Å². The molecule has 1 heterocycles. The molecule has 16 heavy (non-hydrogen) atoms. The number of allylic oxidation sites excluding steroid dienone is 2. The smallest absolute Gasteiger partial charge is 0.183 e. The maximum Gasteiger partial charge on any atom is 0.183 e. The largest absolute Gasteiger partial charge is 0.415 e. The van der Waals surface area contributed by atoms with Crippen LogP contribution in [0.4, 0.5) is 0 Å². The molecule has 2 atom stereocenters. The summed E-state index contributed by atoms with van der Waals surface area (Å²) in [5.41, 5.74) is 1.46. The van der Waals surface area contributed by atoms with Gasteiger partial charge in [-0.3, -0.25) is 0 Å². The van der Waals surface area contributed by atoms with Gasteiger partial charge < -0.3 is 9.16 Å². The highest BCUT2D eigenvalue weighted by Gasteiger charge is 2.51. The van der Waals surface area contributed by atoms with E-state index in [9.17, 15) is 0 Å². The van der Waals surface area contributed by atoms with Gasteiger partial charge in [-0.25, -0.2) is 0 Å². The lowest BCUT2D eigenvalue weighted by atomic mass is 10.0. The van der Waals surface area contributed by atoms with Gasteiger partial charge in [-0.05, 0) is 53.3 Å². The molecule has 2 unspecified atom stereocenters. The van der Waals surface area contributed by atoms with Crippen LogP contribution in [0, 0.1) is 0 Å². The predicted molar refractivity (Wildman–Crippen MR) is 71.2 cm³/mol. The van der Waals surface area contributed by atoms with E-state index in [0.717, 1.165) is 19.4 Å². The second-order valence-corrected chi connectivity index (χ2v) is 10.7. The Morgan fingerprint density at radius 1 is 1.38 bits per heavy atom. The maximum atomic E-state index is 5.87. The van der Waals surface area contributed by atoms with Gasteiger partial charge in [-0.1, -0.05) is 11.6 Å². The van der Waals surface area contributed by atoms with Crippen molar-refractivity contribution < 1.29 is 9.16 Å². The second-order valence-electron chi connectivity index (χ2n) is 6.16. The van der Waals surface area contributed by atoms with E-state index in [1.807, 2.05) is 0 Å². The molecule has 0 N–H and O–H groups in total. The zero-order chi connectivity index (χ0) is 12.4. The number of hydrogen-bond acceptors (Lipinski definition) is 2. The van der Waals surface area contributed by atoms with Crippen LogP contribution in [-0.4, -0.2) is 26.6 Å². The van der Waals surface area contributed by atoms with E-state index in [-0.39, 0.29) is 5.60 Å². The number of rotatable bonds is 6. The molecule has 0 spiro atoms. The third-order valence-electron chi connectivity index (χ3n) is 2.90. The molecule has 94 valence electrons. The molecule has 0 aromatic heterocycles. The normalized spacial score (nSPS) is 29.0. The lowest BCUT2D eigenvalue weighted by molar-refractivity contribution is 0.246. The molecule has 0 aromatic rings. The van der Waals surface area contributed by atoms with Crippen molar-refractivity contribution >= 4 is 8.32 Å². The Bertz CT molecular complexity index is 264. The predicted octanol–water partition coefficient (Wildman–Crippen LogP) is 3.74. The molecule has 0 bridgehead atoms. The number of ether oxygens (including phenoxy) is 1. The standard InChI is InChI=1S/C13H26O2Si/c1-11(2)8-7-9-13(3)12(15-13)10-14-16(4,5)6/h8,12H,7,9-10H2,1-6H3. The quantitative estimate of drug-likeness (QED) is 0.402. The molecule has 1 aliphatic rings. The molecule has 0 aromatic carbocycles. The minimum atomic E-state index is -1.38. The summed E-state index contributed by atoms with van der Waals surface area (Å²) >= 11 is 0. The molecule has 0 saturated carbocycles. The summed E-state index contributed by atoms with van der Waals surface area (Å²) < 4.78 is 11.6. The van der Waals surface area contributed by atoms with Gasteiger partial charge in [0.2, 0.25) is 0 Å². The van der Waals surface area contributed by atoms with Crippen molar-refractivity contribution in [1.29, 1.82) is 0 Å². The molecule has 1 aliphatic heterocycles. The van der Waals surface area contributed by atoms with E-state index in [1.165, 1.54) is 5.57 Å². The Kier molecular flexibility index (Phi) is 4.38. The first kappa shape index (κ1) is 13.9. The summed E-state index contributed by atoms with van der Waals surface area (Å²) in [6, 6.07) is 0. The SMILES string of the molecule is CC(C)=CCCC1(C)OC1CO[Si](C)(C)C. The molecule has 1 rings (SSSR count). The van der Waals surface area contributed by atoms with Crippen LogP contribution in [0.1, 0.15) is 33.6 Å². The Morgan fingerprint density at radius 3 is 2.50 bits per heavy atom. The van der Waals surface area contributed by atoms with E-state index in [0.29, 0.717) is 6.10 Å². The van der Waals surface area contributed by atoms with Gasteiger partial charge in [0.05, 0.1) is 12.2 Å². The van der Waals surface area contributed by atoms with Crippen LogP contribution in [0.3, 0.4) is 0 Å². The first-order valence-corrected chi connectivity index (χ1v) is 9.59. The van der Waals surface area contributed by atoms with Crippen molar-refractivity contribution in [3.8, 4) is 0 Å².